The lowest BCUT2D eigenvalue weighted by atomic mass is 10.0. The van der Waals surface area contributed by atoms with Crippen molar-refractivity contribution in [3.05, 3.63) is 120 Å². The lowest BCUT2D eigenvalue weighted by Gasteiger charge is -2.12. The summed E-state index contributed by atoms with van der Waals surface area (Å²) < 4.78 is 4.73. The first-order valence-corrected chi connectivity index (χ1v) is 18.9. The number of hydrogen-bond acceptors (Lipinski definition) is 9. The summed E-state index contributed by atoms with van der Waals surface area (Å²) in [5.41, 5.74) is 7.75. The fourth-order valence-electron chi connectivity index (χ4n) is 6.08. The summed E-state index contributed by atoms with van der Waals surface area (Å²) in [7, 11) is 0. The molecule has 0 saturated carbocycles. The molecule has 0 saturated heterocycles. The van der Waals surface area contributed by atoms with Gasteiger partial charge in [-0.25, -0.2) is 9.97 Å². The van der Waals surface area contributed by atoms with Crippen LogP contribution in [0, 0.1) is 0 Å². The highest BCUT2D eigenvalue weighted by atomic mass is 32.1. The summed E-state index contributed by atoms with van der Waals surface area (Å²) in [5, 5.41) is 16.7. The number of thiocarbonyl (C=S) groups is 2. The van der Waals surface area contributed by atoms with E-state index in [-0.39, 0.29) is 12.5 Å². The average Bonchev–Trinajstić information content (AvgIpc) is 3.89. The van der Waals surface area contributed by atoms with E-state index in [0.717, 1.165) is 106 Å². The number of nitrogens with one attached hydrogen (secondary N) is 4. The number of pyridine rings is 2. The van der Waals surface area contributed by atoms with Crippen molar-refractivity contribution in [2.45, 2.75) is 58.3 Å². The molecular formula is C42H44N6O5S2. The molecule has 5 N–H and O–H groups in total. The second-order valence-corrected chi connectivity index (χ2v) is 14.0. The Hall–Kier alpha value is -5.63. The van der Waals surface area contributed by atoms with Crippen LogP contribution in [0.25, 0.3) is 22.1 Å². The number of aliphatic hydroxyl groups excluding tert-OH is 1. The van der Waals surface area contributed by atoms with E-state index >= 15 is 0 Å². The van der Waals surface area contributed by atoms with Crippen molar-refractivity contribution in [2.24, 2.45) is 0 Å². The van der Waals surface area contributed by atoms with Gasteiger partial charge in [0.2, 0.25) is 5.91 Å². The van der Waals surface area contributed by atoms with Gasteiger partial charge in [-0.2, -0.15) is 0 Å². The maximum absolute atomic E-state index is 11.9. The number of benzene rings is 2. The van der Waals surface area contributed by atoms with Crippen molar-refractivity contribution in [1.82, 2.24) is 19.9 Å². The van der Waals surface area contributed by atoms with Crippen molar-refractivity contribution < 1.29 is 24.2 Å². The Morgan fingerprint density at radius 1 is 0.636 bits per heavy atom. The van der Waals surface area contributed by atoms with Gasteiger partial charge in [-0.05, 0) is 120 Å². The van der Waals surface area contributed by atoms with Crippen LogP contribution in [0.4, 0.5) is 11.4 Å². The molecule has 13 heteroatoms. The standard InChI is InChI=1S/C22H23N3O3S.C20H21N3O2S/c1-15(26)28-14-21(27)25-20-5-3-2-4-17(20)7-9-18(29)8-6-16-10-12-23-22-19(16)11-13-24-22;24-13-19(25)23-18-4-2-1-3-15(18)6-8-16(26)7-5-14-9-11-21-20-17(14)10-12-22-20/h2-5,10-13H,6-9,14H2,1H3,(H,23,24)(H,25,27);1-4,9-12,24H,5-8,13H2,(H,21,22)(H,23,25). The molecule has 0 atom stereocenters. The minimum Gasteiger partial charge on any atom is -0.456 e. The summed E-state index contributed by atoms with van der Waals surface area (Å²) in [6.07, 6.45) is 13.9. The predicted octanol–water partition coefficient (Wildman–Crippen LogP) is 7.43. The topological polar surface area (TPSA) is 162 Å². The molecule has 0 bridgehead atoms. The van der Waals surface area contributed by atoms with Gasteiger partial charge < -0.3 is 30.4 Å². The smallest absolute Gasteiger partial charge is 0.303 e. The summed E-state index contributed by atoms with van der Waals surface area (Å²) in [6.45, 7) is 0.461. The van der Waals surface area contributed by atoms with E-state index in [4.69, 9.17) is 34.3 Å². The van der Waals surface area contributed by atoms with Gasteiger partial charge in [0.1, 0.15) is 17.9 Å². The van der Waals surface area contributed by atoms with E-state index in [1.54, 1.807) is 0 Å². The molecule has 2 amide bonds. The number of aliphatic hydroxyl groups is 1. The Morgan fingerprint density at radius 2 is 1.07 bits per heavy atom. The molecule has 284 valence electrons. The first-order valence-electron chi connectivity index (χ1n) is 18.0. The zero-order valence-corrected chi connectivity index (χ0v) is 32.2. The van der Waals surface area contributed by atoms with E-state index in [1.807, 2.05) is 97.6 Å². The fraction of sp³-hybridized carbons (Fsp3) is 0.262. The quantitative estimate of drug-likeness (QED) is 0.0469. The van der Waals surface area contributed by atoms with Crippen LogP contribution in [0.3, 0.4) is 0 Å². The number of carbonyl (C=O) groups excluding carboxylic acids is 3. The molecule has 2 aromatic carbocycles. The van der Waals surface area contributed by atoms with E-state index in [9.17, 15) is 14.4 Å². The molecule has 55 heavy (non-hydrogen) atoms. The van der Waals surface area contributed by atoms with Gasteiger partial charge in [0.15, 0.2) is 6.61 Å². The third-order valence-corrected chi connectivity index (χ3v) is 9.74. The number of para-hydroxylation sites is 2. The minimum atomic E-state index is -0.522. The lowest BCUT2D eigenvalue weighted by Crippen LogP contribution is -2.20. The number of nitrogens with zero attached hydrogens (tertiary/aromatic N) is 2. The molecule has 4 heterocycles. The van der Waals surface area contributed by atoms with Gasteiger partial charge in [-0.15, -0.1) is 0 Å². The van der Waals surface area contributed by atoms with Crippen LogP contribution in [-0.2, 0) is 44.8 Å². The highest BCUT2D eigenvalue weighted by Gasteiger charge is 2.11. The third kappa shape index (κ3) is 12.5. The highest BCUT2D eigenvalue weighted by molar-refractivity contribution is 7.80. The summed E-state index contributed by atoms with van der Waals surface area (Å²) >= 11 is 11.1. The van der Waals surface area contributed by atoms with Crippen molar-refractivity contribution in [3.8, 4) is 0 Å². The number of amides is 2. The second-order valence-electron chi connectivity index (χ2n) is 12.8. The fourth-order valence-corrected chi connectivity index (χ4v) is 6.49. The zero-order chi connectivity index (χ0) is 39.0. The third-order valence-electron chi connectivity index (χ3n) is 8.93. The number of anilines is 2. The van der Waals surface area contributed by atoms with Crippen LogP contribution >= 0.6 is 24.4 Å². The Bertz CT molecular complexity index is 2270. The molecule has 0 fully saturated rings. The minimum absolute atomic E-state index is 0.290. The van der Waals surface area contributed by atoms with Crippen LogP contribution in [0.1, 0.15) is 54.9 Å². The summed E-state index contributed by atoms with van der Waals surface area (Å²) in [5.74, 6) is -1.25. The van der Waals surface area contributed by atoms with Crippen LogP contribution in [0.5, 0.6) is 0 Å². The number of aromatic amines is 2. The molecule has 6 rings (SSSR count). The number of hydrogen-bond donors (Lipinski definition) is 5. The van der Waals surface area contributed by atoms with E-state index < -0.39 is 18.5 Å². The first kappa shape index (κ1) is 40.6. The van der Waals surface area contributed by atoms with E-state index in [2.05, 4.69) is 30.6 Å². The van der Waals surface area contributed by atoms with Gasteiger partial charge in [0.25, 0.3) is 5.91 Å². The van der Waals surface area contributed by atoms with Crippen LogP contribution in [0.2, 0.25) is 0 Å². The van der Waals surface area contributed by atoms with Gasteiger partial charge in [-0.3, -0.25) is 14.4 Å². The zero-order valence-electron chi connectivity index (χ0n) is 30.6. The number of aryl methyl sites for hydroxylation is 4. The number of H-pyrrole nitrogens is 2. The Kier molecular flexibility index (Phi) is 15.3. The predicted molar refractivity (Wildman–Crippen MR) is 225 cm³/mol. The molecule has 0 aliphatic heterocycles. The van der Waals surface area contributed by atoms with Gasteiger partial charge in [0.05, 0.1) is 0 Å². The summed E-state index contributed by atoms with van der Waals surface area (Å²) in [4.78, 5) is 51.1. The normalized spacial score (nSPS) is 10.7. The Labute approximate surface area is 330 Å². The number of fused-ring (bicyclic) bond motifs is 2. The van der Waals surface area contributed by atoms with Crippen molar-refractivity contribution in [2.75, 3.05) is 23.8 Å². The van der Waals surface area contributed by atoms with Crippen LogP contribution in [0.15, 0.2) is 97.6 Å². The molecule has 0 unspecified atom stereocenters. The molecule has 4 aromatic heterocycles. The van der Waals surface area contributed by atoms with Crippen molar-refractivity contribution >= 4 is 85.4 Å². The maximum Gasteiger partial charge on any atom is 0.303 e. The largest absolute Gasteiger partial charge is 0.456 e. The lowest BCUT2D eigenvalue weighted by molar-refractivity contribution is -0.144. The average molecular weight is 777 g/mol. The molecular weight excluding hydrogens is 733 g/mol. The second kappa shape index (κ2) is 20.7. The number of aromatic nitrogens is 4. The van der Waals surface area contributed by atoms with Gasteiger partial charge in [0, 0.05) is 53.9 Å². The summed E-state index contributed by atoms with van der Waals surface area (Å²) in [6, 6.07) is 23.4. The van der Waals surface area contributed by atoms with Crippen LogP contribution < -0.4 is 10.6 Å². The Morgan fingerprint density at radius 3 is 1.53 bits per heavy atom. The van der Waals surface area contributed by atoms with Crippen molar-refractivity contribution in [3.63, 3.8) is 0 Å². The monoisotopic (exact) mass is 776 g/mol. The van der Waals surface area contributed by atoms with E-state index in [1.165, 1.54) is 18.1 Å². The van der Waals surface area contributed by atoms with Gasteiger partial charge >= 0.3 is 5.97 Å². The number of ether oxygens (including phenoxy) is 1. The first-order chi connectivity index (χ1) is 26.7. The Balaban J connectivity index is 0.000000212. The SMILES string of the molecule is CC(=O)OCC(=O)Nc1ccccc1CCC(=S)CCc1ccnc2[nH]ccc12.O=C(CO)Nc1ccccc1CCC(=S)CCc1ccnc2[nH]ccc12. The molecule has 6 aromatic rings. The molecule has 0 spiro atoms. The molecule has 0 aliphatic rings. The molecule has 0 aliphatic carbocycles. The molecule has 0 radical (unpaired) electrons. The number of esters is 1. The van der Waals surface area contributed by atoms with Gasteiger partial charge in [-0.1, -0.05) is 60.8 Å². The van der Waals surface area contributed by atoms with E-state index in [0.29, 0.717) is 0 Å². The molecule has 11 nitrogen and oxygen atoms in total. The number of carbonyl (C=O) groups is 3. The highest BCUT2D eigenvalue weighted by Crippen LogP contribution is 2.22. The van der Waals surface area contributed by atoms with Crippen LogP contribution in [-0.4, -0.2) is 65.8 Å². The number of rotatable bonds is 17. The van der Waals surface area contributed by atoms with Crippen molar-refractivity contribution in [1.29, 1.82) is 0 Å². The maximum atomic E-state index is 11.9.